The molecule has 2 aromatic rings. The van der Waals surface area contributed by atoms with Crippen LogP contribution in [0.25, 0.3) is 11.0 Å². The van der Waals surface area contributed by atoms with Crippen LogP contribution in [0.3, 0.4) is 0 Å². The van der Waals surface area contributed by atoms with Crippen molar-refractivity contribution < 1.29 is 9.53 Å². The first-order valence-corrected chi connectivity index (χ1v) is 7.15. The first-order chi connectivity index (χ1) is 9.72. The number of carbonyl (C=O) groups is 1. The van der Waals surface area contributed by atoms with E-state index in [0.29, 0.717) is 5.52 Å². The third-order valence-corrected chi connectivity index (χ3v) is 3.96. The summed E-state index contributed by atoms with van der Waals surface area (Å²) in [5.74, 6) is 1.25. The number of H-pyrrole nitrogens is 1. The Morgan fingerprint density at radius 3 is 2.95 bits per heavy atom. The highest BCUT2D eigenvalue weighted by Gasteiger charge is 2.14. The number of carbonyl (C=O) groups excluding carboxylic acids is 1. The third kappa shape index (κ3) is 2.76. The molecule has 0 atom stereocenters. The number of amides is 1. The van der Waals surface area contributed by atoms with E-state index in [2.05, 4.69) is 9.97 Å². The Kier molecular flexibility index (Phi) is 3.58. The van der Waals surface area contributed by atoms with Crippen LogP contribution in [0.1, 0.15) is 42.7 Å². The fourth-order valence-electron chi connectivity index (χ4n) is 2.83. The lowest BCUT2D eigenvalue weighted by Gasteiger charge is -2.10. The topological polar surface area (TPSA) is 81.0 Å². The molecule has 1 heterocycles. The number of fused-ring (bicyclic) bond motifs is 1. The maximum atomic E-state index is 11.1. The van der Waals surface area contributed by atoms with Gasteiger partial charge < -0.3 is 15.5 Å². The van der Waals surface area contributed by atoms with Crippen LogP contribution >= 0.6 is 0 Å². The lowest BCUT2D eigenvalue weighted by molar-refractivity contribution is 0.0991. The molecule has 1 fully saturated rings. The van der Waals surface area contributed by atoms with E-state index in [4.69, 9.17) is 10.5 Å². The summed E-state index contributed by atoms with van der Waals surface area (Å²) >= 11 is 0. The Hall–Kier alpha value is -2.04. The van der Waals surface area contributed by atoms with Crippen LogP contribution in [-0.4, -0.2) is 22.5 Å². The second kappa shape index (κ2) is 5.53. The molecule has 0 unspecified atom stereocenters. The number of hydrogen-bond donors (Lipinski definition) is 2. The van der Waals surface area contributed by atoms with Gasteiger partial charge in [0.25, 0.3) is 5.91 Å². The SMILES string of the molecule is NC(=O)c1nc2cc(OCCC3CCCC3)ccc2[nH]1. The van der Waals surface area contributed by atoms with Crippen molar-refractivity contribution in [2.45, 2.75) is 32.1 Å². The van der Waals surface area contributed by atoms with Gasteiger partial charge >= 0.3 is 0 Å². The van der Waals surface area contributed by atoms with Crippen LogP contribution in [0.15, 0.2) is 18.2 Å². The van der Waals surface area contributed by atoms with Crippen molar-refractivity contribution >= 4 is 16.9 Å². The fraction of sp³-hybridized carbons (Fsp3) is 0.467. The number of imidazole rings is 1. The first kappa shape index (κ1) is 13.0. The molecule has 5 heteroatoms. The van der Waals surface area contributed by atoms with Gasteiger partial charge in [0.1, 0.15) is 5.75 Å². The van der Waals surface area contributed by atoms with E-state index >= 15 is 0 Å². The third-order valence-electron chi connectivity index (χ3n) is 3.96. The van der Waals surface area contributed by atoms with Gasteiger partial charge in [-0.05, 0) is 24.5 Å². The van der Waals surface area contributed by atoms with E-state index in [1.54, 1.807) is 0 Å². The van der Waals surface area contributed by atoms with Gasteiger partial charge in [-0.1, -0.05) is 25.7 Å². The predicted octanol–water partition coefficient (Wildman–Crippen LogP) is 2.62. The highest BCUT2D eigenvalue weighted by Crippen LogP contribution is 2.28. The maximum absolute atomic E-state index is 11.1. The van der Waals surface area contributed by atoms with Crippen molar-refractivity contribution in [3.05, 3.63) is 24.0 Å². The molecular formula is C15H19N3O2. The Morgan fingerprint density at radius 1 is 1.40 bits per heavy atom. The zero-order chi connectivity index (χ0) is 13.9. The van der Waals surface area contributed by atoms with Crippen molar-refractivity contribution in [1.82, 2.24) is 9.97 Å². The molecule has 0 bridgehead atoms. The van der Waals surface area contributed by atoms with E-state index in [9.17, 15) is 4.79 Å². The van der Waals surface area contributed by atoms with Crippen molar-refractivity contribution in [2.24, 2.45) is 11.7 Å². The van der Waals surface area contributed by atoms with Gasteiger partial charge in [-0.15, -0.1) is 0 Å². The lowest BCUT2D eigenvalue weighted by atomic mass is 10.1. The average molecular weight is 273 g/mol. The van der Waals surface area contributed by atoms with Crippen molar-refractivity contribution in [1.29, 1.82) is 0 Å². The normalized spacial score (nSPS) is 15.8. The lowest BCUT2D eigenvalue weighted by Crippen LogP contribution is -2.12. The predicted molar refractivity (Wildman–Crippen MR) is 76.7 cm³/mol. The molecule has 3 N–H and O–H groups in total. The summed E-state index contributed by atoms with van der Waals surface area (Å²) in [7, 11) is 0. The average Bonchev–Trinajstić information content (AvgIpc) is 3.06. The molecule has 1 aromatic heterocycles. The molecule has 1 aliphatic carbocycles. The standard InChI is InChI=1S/C15H19N3O2/c16-14(19)15-17-12-6-5-11(9-13(12)18-15)20-8-7-10-3-1-2-4-10/h5-6,9-10H,1-4,7-8H2,(H2,16,19)(H,17,18). The van der Waals surface area contributed by atoms with Crippen molar-refractivity contribution in [2.75, 3.05) is 6.61 Å². The minimum atomic E-state index is -0.551. The van der Waals surface area contributed by atoms with Crippen LogP contribution in [0, 0.1) is 5.92 Å². The van der Waals surface area contributed by atoms with E-state index in [1.807, 2.05) is 18.2 Å². The Morgan fingerprint density at radius 2 is 2.20 bits per heavy atom. The number of aromatic nitrogens is 2. The minimum absolute atomic E-state index is 0.183. The second-order valence-corrected chi connectivity index (χ2v) is 5.42. The summed E-state index contributed by atoms with van der Waals surface area (Å²) < 4.78 is 5.78. The Balaban J connectivity index is 1.64. The quantitative estimate of drug-likeness (QED) is 0.878. The van der Waals surface area contributed by atoms with Crippen LogP contribution < -0.4 is 10.5 Å². The summed E-state index contributed by atoms with van der Waals surface area (Å²) in [4.78, 5) is 18.1. The number of nitrogens with one attached hydrogen (secondary N) is 1. The summed E-state index contributed by atoms with van der Waals surface area (Å²) in [6, 6.07) is 5.59. The number of nitrogens with zero attached hydrogens (tertiary/aromatic N) is 1. The minimum Gasteiger partial charge on any atom is -0.494 e. The van der Waals surface area contributed by atoms with Crippen molar-refractivity contribution in [3.8, 4) is 5.75 Å². The molecule has 0 aliphatic heterocycles. The van der Waals surface area contributed by atoms with E-state index in [0.717, 1.165) is 30.2 Å². The van der Waals surface area contributed by atoms with Crippen LogP contribution in [-0.2, 0) is 0 Å². The molecule has 5 nitrogen and oxygen atoms in total. The number of benzene rings is 1. The van der Waals surface area contributed by atoms with E-state index in [1.165, 1.54) is 25.7 Å². The largest absolute Gasteiger partial charge is 0.494 e. The number of hydrogen-bond acceptors (Lipinski definition) is 3. The molecule has 106 valence electrons. The number of nitrogens with two attached hydrogens (primary N) is 1. The maximum Gasteiger partial charge on any atom is 0.284 e. The Bertz CT molecular complexity index is 615. The molecule has 0 spiro atoms. The van der Waals surface area contributed by atoms with Gasteiger partial charge in [0.05, 0.1) is 17.6 Å². The molecule has 3 rings (SSSR count). The molecule has 1 aliphatic rings. The highest BCUT2D eigenvalue weighted by atomic mass is 16.5. The summed E-state index contributed by atoms with van der Waals surface area (Å²) in [5, 5.41) is 0. The highest BCUT2D eigenvalue weighted by molar-refractivity contribution is 5.93. The van der Waals surface area contributed by atoms with Gasteiger partial charge in [0.15, 0.2) is 5.82 Å². The van der Waals surface area contributed by atoms with Gasteiger partial charge in [-0.25, -0.2) is 4.98 Å². The smallest absolute Gasteiger partial charge is 0.284 e. The number of primary amides is 1. The summed E-state index contributed by atoms with van der Waals surface area (Å²) in [5.41, 5.74) is 6.70. The number of ether oxygens (including phenoxy) is 1. The number of aromatic amines is 1. The Labute approximate surface area is 117 Å². The van der Waals surface area contributed by atoms with Gasteiger partial charge in [-0.3, -0.25) is 4.79 Å². The molecule has 20 heavy (non-hydrogen) atoms. The van der Waals surface area contributed by atoms with E-state index in [-0.39, 0.29) is 5.82 Å². The zero-order valence-electron chi connectivity index (χ0n) is 11.4. The first-order valence-electron chi connectivity index (χ1n) is 7.15. The molecule has 0 radical (unpaired) electrons. The molecule has 1 amide bonds. The summed E-state index contributed by atoms with van der Waals surface area (Å²) in [6.07, 6.45) is 6.51. The van der Waals surface area contributed by atoms with E-state index < -0.39 is 5.91 Å². The van der Waals surface area contributed by atoms with Crippen molar-refractivity contribution in [3.63, 3.8) is 0 Å². The zero-order valence-corrected chi connectivity index (χ0v) is 11.4. The molecule has 1 aromatic carbocycles. The van der Waals surface area contributed by atoms with Gasteiger partial charge in [0, 0.05) is 6.07 Å². The molecule has 1 saturated carbocycles. The molecule has 0 saturated heterocycles. The van der Waals surface area contributed by atoms with Crippen LogP contribution in [0.2, 0.25) is 0 Å². The number of rotatable bonds is 5. The van der Waals surface area contributed by atoms with Crippen LogP contribution in [0.5, 0.6) is 5.75 Å². The summed E-state index contributed by atoms with van der Waals surface area (Å²) in [6.45, 7) is 0.739. The van der Waals surface area contributed by atoms with Crippen LogP contribution in [0.4, 0.5) is 0 Å². The van der Waals surface area contributed by atoms with Gasteiger partial charge in [-0.2, -0.15) is 0 Å². The molecular weight excluding hydrogens is 254 g/mol. The van der Waals surface area contributed by atoms with Gasteiger partial charge in [0.2, 0.25) is 0 Å². The second-order valence-electron chi connectivity index (χ2n) is 5.42. The fourth-order valence-corrected chi connectivity index (χ4v) is 2.83. The monoisotopic (exact) mass is 273 g/mol.